The average Bonchev–Trinajstić information content (AvgIpc) is 2.49. The van der Waals surface area contributed by atoms with E-state index in [0.717, 1.165) is 22.3 Å². The molecule has 0 saturated heterocycles. The fourth-order valence-electron chi connectivity index (χ4n) is 1.94. The van der Waals surface area contributed by atoms with Crippen LogP contribution in [0.15, 0.2) is 48.5 Å². The first-order chi connectivity index (χ1) is 7.86. The van der Waals surface area contributed by atoms with Crippen molar-refractivity contribution in [2.24, 2.45) is 0 Å². The zero-order valence-electron chi connectivity index (χ0n) is 9.35. The van der Waals surface area contributed by atoms with Crippen molar-refractivity contribution < 1.29 is 1.37 Å². The number of hydrogen-bond donors (Lipinski definition) is 0. The predicted molar refractivity (Wildman–Crippen MR) is 64.6 cm³/mol. The fourth-order valence-corrected chi connectivity index (χ4v) is 1.94. The number of fused-ring (bicyclic) bond motifs is 2. The Kier molecular flexibility index (Phi) is 1.69. The van der Waals surface area contributed by atoms with Gasteiger partial charge in [-0.1, -0.05) is 60.7 Å². The Hall–Kier alpha value is -1.82. The third-order valence-corrected chi connectivity index (χ3v) is 2.75. The average molecular weight is 193 g/mol. The summed E-state index contributed by atoms with van der Waals surface area (Å²) in [7, 11) is 0. The molecule has 0 bridgehead atoms. The van der Waals surface area contributed by atoms with Crippen molar-refractivity contribution in [3.63, 3.8) is 0 Å². The molecular weight excluding hydrogens is 180 g/mol. The van der Waals surface area contributed by atoms with E-state index in [0.29, 0.717) is 0 Å². The van der Waals surface area contributed by atoms with Crippen LogP contribution in [0, 0.1) is 0 Å². The van der Waals surface area contributed by atoms with Crippen LogP contribution in [0.3, 0.4) is 0 Å². The fraction of sp³-hybridized carbons (Fsp3) is 0.0667. The van der Waals surface area contributed by atoms with Gasteiger partial charge in [-0.3, -0.25) is 0 Å². The molecule has 3 rings (SSSR count). The normalized spacial score (nSPS) is 15.1. The monoisotopic (exact) mass is 193 g/mol. The van der Waals surface area contributed by atoms with Gasteiger partial charge in [-0.15, -0.1) is 0 Å². The Morgan fingerprint density at radius 3 is 1.73 bits per heavy atom. The highest BCUT2D eigenvalue weighted by Gasteiger charge is 2.06. The summed E-state index contributed by atoms with van der Waals surface area (Å²) >= 11 is 0. The van der Waals surface area contributed by atoms with Crippen LogP contribution in [0.5, 0.6) is 0 Å². The minimum absolute atomic E-state index is 0.276. The number of hydrogen-bond acceptors (Lipinski definition) is 0. The Morgan fingerprint density at radius 1 is 0.733 bits per heavy atom. The van der Waals surface area contributed by atoms with Gasteiger partial charge in [0.25, 0.3) is 0 Å². The van der Waals surface area contributed by atoms with Gasteiger partial charge in [0.1, 0.15) is 0 Å². The molecule has 0 unspecified atom stereocenters. The molecule has 0 atom stereocenters. The van der Waals surface area contributed by atoms with Gasteiger partial charge in [0.05, 0.1) is 0 Å². The lowest BCUT2D eigenvalue weighted by Gasteiger charge is -2.04. The Labute approximate surface area is 91.3 Å². The van der Waals surface area contributed by atoms with Crippen molar-refractivity contribution >= 4 is 12.2 Å². The topological polar surface area (TPSA) is 0 Å². The van der Waals surface area contributed by atoms with Gasteiger partial charge >= 0.3 is 0 Å². The molecule has 0 radical (unpaired) electrons. The first-order valence-corrected chi connectivity index (χ1v) is 5.14. The lowest BCUT2D eigenvalue weighted by atomic mass is 10.0. The molecule has 0 saturated carbocycles. The molecule has 0 aromatic heterocycles. The van der Waals surface area contributed by atoms with E-state index < -0.39 is 0 Å². The molecule has 0 fully saturated rings. The van der Waals surface area contributed by atoms with E-state index in [4.69, 9.17) is 1.37 Å². The van der Waals surface area contributed by atoms with Crippen molar-refractivity contribution in [3.05, 3.63) is 70.8 Å². The van der Waals surface area contributed by atoms with Gasteiger partial charge in [0.2, 0.25) is 0 Å². The second-order valence-corrected chi connectivity index (χ2v) is 3.74. The van der Waals surface area contributed by atoms with Crippen LogP contribution in [0.2, 0.25) is 0 Å². The van der Waals surface area contributed by atoms with Crippen molar-refractivity contribution in [2.75, 3.05) is 0 Å². The summed E-state index contributed by atoms with van der Waals surface area (Å²) in [5.74, 6) is 0. The van der Waals surface area contributed by atoms with E-state index in [1.165, 1.54) is 0 Å². The standard InChI is InChI=1S/C15H12/c1-3-7-14-11-15-8-4-2-6-13(15)10-9-12(14)5-1/h1-10H,11H2/i11D. The van der Waals surface area contributed by atoms with Crippen LogP contribution in [0.25, 0.3) is 12.2 Å². The SMILES string of the molecule is [2H]C1c2ccccc2C=Cc2ccccc21. The molecule has 2 aromatic rings. The highest BCUT2D eigenvalue weighted by atomic mass is 14.1. The van der Waals surface area contributed by atoms with E-state index in [-0.39, 0.29) is 6.40 Å². The van der Waals surface area contributed by atoms with Crippen LogP contribution in [0.4, 0.5) is 0 Å². The summed E-state index contributed by atoms with van der Waals surface area (Å²) in [6, 6.07) is 16.3. The molecule has 0 N–H and O–H groups in total. The molecule has 15 heavy (non-hydrogen) atoms. The maximum atomic E-state index is 8.34. The van der Waals surface area contributed by atoms with E-state index in [2.05, 4.69) is 24.3 Å². The highest BCUT2D eigenvalue weighted by Crippen LogP contribution is 2.24. The van der Waals surface area contributed by atoms with Crippen molar-refractivity contribution in [3.8, 4) is 0 Å². The molecule has 0 heterocycles. The maximum absolute atomic E-state index is 8.34. The molecular formula is C15H12. The zero-order valence-corrected chi connectivity index (χ0v) is 8.35. The smallest absolute Gasteiger partial charge is 0.0366 e. The van der Waals surface area contributed by atoms with Gasteiger partial charge in [0, 0.05) is 1.37 Å². The molecule has 0 spiro atoms. The maximum Gasteiger partial charge on any atom is 0.0366 e. The molecule has 72 valence electrons. The van der Waals surface area contributed by atoms with E-state index in [9.17, 15) is 0 Å². The van der Waals surface area contributed by atoms with Gasteiger partial charge in [-0.25, -0.2) is 0 Å². The zero-order chi connectivity index (χ0) is 11.0. The minimum Gasteiger partial charge on any atom is -0.0619 e. The number of rotatable bonds is 0. The van der Waals surface area contributed by atoms with Crippen molar-refractivity contribution in [2.45, 2.75) is 6.40 Å². The molecule has 1 aliphatic rings. The first-order valence-electron chi connectivity index (χ1n) is 5.72. The molecule has 1 aliphatic carbocycles. The molecule has 0 nitrogen and oxygen atoms in total. The Bertz CT molecular complexity index is 505. The van der Waals surface area contributed by atoms with Gasteiger partial charge < -0.3 is 0 Å². The largest absolute Gasteiger partial charge is 0.0619 e. The van der Waals surface area contributed by atoms with Crippen LogP contribution < -0.4 is 0 Å². The molecule has 0 amide bonds. The third-order valence-electron chi connectivity index (χ3n) is 2.75. The van der Waals surface area contributed by atoms with E-state index >= 15 is 0 Å². The summed E-state index contributed by atoms with van der Waals surface area (Å²) in [5, 5.41) is 0. The third kappa shape index (κ3) is 1.48. The van der Waals surface area contributed by atoms with E-state index in [1.807, 2.05) is 36.4 Å². The number of benzene rings is 2. The molecule has 0 aliphatic heterocycles. The van der Waals surface area contributed by atoms with Crippen LogP contribution in [0.1, 0.15) is 23.6 Å². The van der Waals surface area contributed by atoms with E-state index in [1.54, 1.807) is 0 Å². The van der Waals surface area contributed by atoms with Crippen molar-refractivity contribution in [1.82, 2.24) is 0 Å². The van der Waals surface area contributed by atoms with Gasteiger partial charge in [-0.05, 0) is 28.7 Å². The summed E-state index contributed by atoms with van der Waals surface area (Å²) in [6.07, 6.45) is 3.92. The van der Waals surface area contributed by atoms with Gasteiger partial charge in [-0.2, -0.15) is 0 Å². The second-order valence-electron chi connectivity index (χ2n) is 3.74. The molecule has 2 aromatic carbocycles. The summed E-state index contributed by atoms with van der Waals surface area (Å²) in [6.45, 7) is 0. The summed E-state index contributed by atoms with van der Waals surface area (Å²) < 4.78 is 8.34. The van der Waals surface area contributed by atoms with Crippen LogP contribution in [-0.2, 0) is 6.40 Å². The quantitative estimate of drug-likeness (QED) is 0.597. The lowest BCUT2D eigenvalue weighted by molar-refractivity contribution is 1.18. The predicted octanol–water partition coefficient (Wildman–Crippen LogP) is 3.76. The van der Waals surface area contributed by atoms with Crippen molar-refractivity contribution in [1.29, 1.82) is 0 Å². The lowest BCUT2D eigenvalue weighted by Crippen LogP contribution is -1.90. The van der Waals surface area contributed by atoms with Crippen LogP contribution in [-0.4, -0.2) is 0 Å². The summed E-state index contributed by atoms with van der Waals surface area (Å²) in [4.78, 5) is 0. The first kappa shape index (κ1) is 7.47. The second kappa shape index (κ2) is 3.39. The Morgan fingerprint density at radius 2 is 1.20 bits per heavy atom. The Balaban J connectivity index is 2.26. The summed E-state index contributed by atoms with van der Waals surface area (Å²) in [5.41, 5.74) is 4.48. The highest BCUT2D eigenvalue weighted by molar-refractivity contribution is 5.75. The van der Waals surface area contributed by atoms with Gasteiger partial charge in [0.15, 0.2) is 0 Å². The van der Waals surface area contributed by atoms with Crippen LogP contribution >= 0.6 is 0 Å². The minimum atomic E-state index is -0.276. The molecule has 0 heteroatoms.